The molecule has 0 aliphatic rings. The molecule has 0 aliphatic heterocycles. The van der Waals surface area contributed by atoms with Crippen LogP contribution < -0.4 is 10.6 Å². The summed E-state index contributed by atoms with van der Waals surface area (Å²) in [5.74, 6) is -0.378. The number of aliphatic carboxylic acids is 1. The van der Waals surface area contributed by atoms with Crippen molar-refractivity contribution < 1.29 is 19.2 Å². The Bertz CT molecular complexity index is 595. The van der Waals surface area contributed by atoms with E-state index in [1.807, 2.05) is 0 Å². The number of anilines is 1. The summed E-state index contributed by atoms with van der Waals surface area (Å²) in [4.78, 5) is 22.3. The quantitative estimate of drug-likeness (QED) is 0.769. The molecule has 0 spiro atoms. The molecule has 3 N–H and O–H groups in total. The summed E-state index contributed by atoms with van der Waals surface area (Å²) in [6, 6.07) is 7.90. The Kier molecular flexibility index (Phi) is 4.33. The number of nitrogens with zero attached hydrogens (tertiary/aromatic N) is 1. The Morgan fingerprint density at radius 3 is 2.85 bits per heavy atom. The SMILES string of the molecule is O=C(O)Cc1cccc(NC(=O)NCc2ccno2)c1. The molecular formula is C13H13N3O4. The molecule has 7 nitrogen and oxygen atoms in total. The van der Waals surface area contributed by atoms with E-state index < -0.39 is 12.0 Å². The van der Waals surface area contributed by atoms with Gasteiger partial charge in [-0.05, 0) is 17.7 Å². The smallest absolute Gasteiger partial charge is 0.319 e. The van der Waals surface area contributed by atoms with Crippen molar-refractivity contribution in [3.63, 3.8) is 0 Å². The number of nitrogens with one attached hydrogen (secondary N) is 2. The number of rotatable bonds is 5. The fraction of sp³-hybridized carbons (Fsp3) is 0.154. The highest BCUT2D eigenvalue weighted by Gasteiger charge is 2.05. The van der Waals surface area contributed by atoms with Crippen molar-refractivity contribution >= 4 is 17.7 Å². The molecule has 2 amide bonds. The van der Waals surface area contributed by atoms with Crippen LogP contribution in [0.4, 0.5) is 10.5 Å². The molecule has 0 saturated carbocycles. The van der Waals surface area contributed by atoms with Gasteiger partial charge in [-0.3, -0.25) is 4.79 Å². The van der Waals surface area contributed by atoms with Gasteiger partial charge in [0.05, 0.1) is 19.2 Å². The first-order valence-corrected chi connectivity index (χ1v) is 5.88. The van der Waals surface area contributed by atoms with Crippen molar-refractivity contribution in [2.75, 3.05) is 5.32 Å². The van der Waals surface area contributed by atoms with Crippen LogP contribution >= 0.6 is 0 Å². The first kappa shape index (κ1) is 13.6. The Balaban J connectivity index is 1.88. The van der Waals surface area contributed by atoms with Crippen LogP contribution in [0.3, 0.4) is 0 Å². The van der Waals surface area contributed by atoms with E-state index in [0.29, 0.717) is 17.0 Å². The number of benzene rings is 1. The maximum Gasteiger partial charge on any atom is 0.319 e. The molecule has 1 heterocycles. The third kappa shape index (κ3) is 4.13. The van der Waals surface area contributed by atoms with Crippen molar-refractivity contribution in [3.8, 4) is 0 Å². The number of aromatic nitrogens is 1. The number of carboxylic acids is 1. The highest BCUT2D eigenvalue weighted by atomic mass is 16.5. The standard InChI is InChI=1S/C13H13N3O4/c17-12(18)7-9-2-1-3-10(6-9)16-13(19)14-8-11-4-5-15-20-11/h1-6H,7-8H2,(H,17,18)(H2,14,16,19). The van der Waals surface area contributed by atoms with E-state index in [1.54, 1.807) is 30.3 Å². The zero-order chi connectivity index (χ0) is 14.4. The van der Waals surface area contributed by atoms with Crippen LogP contribution in [0.1, 0.15) is 11.3 Å². The van der Waals surface area contributed by atoms with Crippen LogP contribution in [-0.2, 0) is 17.8 Å². The van der Waals surface area contributed by atoms with Gasteiger partial charge in [0.2, 0.25) is 0 Å². The Labute approximate surface area is 114 Å². The Morgan fingerprint density at radius 2 is 2.15 bits per heavy atom. The van der Waals surface area contributed by atoms with E-state index in [2.05, 4.69) is 15.8 Å². The van der Waals surface area contributed by atoms with Crippen LogP contribution in [0.5, 0.6) is 0 Å². The van der Waals surface area contributed by atoms with E-state index in [-0.39, 0.29) is 13.0 Å². The summed E-state index contributed by atoms with van der Waals surface area (Å²) in [7, 11) is 0. The van der Waals surface area contributed by atoms with Gasteiger partial charge in [0.25, 0.3) is 0 Å². The van der Waals surface area contributed by atoms with Gasteiger partial charge >= 0.3 is 12.0 Å². The topological polar surface area (TPSA) is 104 Å². The second-order valence-electron chi connectivity index (χ2n) is 4.06. The lowest BCUT2D eigenvalue weighted by Crippen LogP contribution is -2.28. The van der Waals surface area contributed by atoms with Crippen molar-refractivity contribution in [1.29, 1.82) is 0 Å². The molecule has 7 heteroatoms. The molecule has 0 fully saturated rings. The van der Waals surface area contributed by atoms with Gasteiger partial charge in [0.1, 0.15) is 0 Å². The molecule has 1 aromatic carbocycles. The van der Waals surface area contributed by atoms with Gasteiger partial charge in [-0.1, -0.05) is 17.3 Å². The molecule has 0 radical (unpaired) electrons. The van der Waals surface area contributed by atoms with Gasteiger partial charge < -0.3 is 20.3 Å². The van der Waals surface area contributed by atoms with Gasteiger partial charge in [-0.25, -0.2) is 4.79 Å². The Hall–Kier alpha value is -2.83. The third-order valence-corrected chi connectivity index (χ3v) is 2.45. The fourth-order valence-electron chi connectivity index (χ4n) is 1.61. The summed E-state index contributed by atoms with van der Waals surface area (Å²) in [6.45, 7) is 0.223. The van der Waals surface area contributed by atoms with E-state index in [0.717, 1.165) is 0 Å². The molecule has 1 aromatic heterocycles. The summed E-state index contributed by atoms with van der Waals surface area (Å²) in [5.41, 5.74) is 1.14. The average Bonchev–Trinajstić information content (AvgIpc) is 2.89. The number of urea groups is 1. The zero-order valence-electron chi connectivity index (χ0n) is 10.5. The van der Waals surface area contributed by atoms with Crippen LogP contribution in [0.25, 0.3) is 0 Å². The highest BCUT2D eigenvalue weighted by molar-refractivity contribution is 5.89. The third-order valence-electron chi connectivity index (χ3n) is 2.45. The van der Waals surface area contributed by atoms with Gasteiger partial charge in [-0.15, -0.1) is 0 Å². The van der Waals surface area contributed by atoms with Crippen molar-refractivity contribution in [1.82, 2.24) is 10.5 Å². The highest BCUT2D eigenvalue weighted by Crippen LogP contribution is 2.11. The summed E-state index contributed by atoms with van der Waals surface area (Å²) >= 11 is 0. The first-order chi connectivity index (χ1) is 9.63. The van der Waals surface area contributed by atoms with Crippen LogP contribution in [0, 0.1) is 0 Å². The minimum absolute atomic E-state index is 0.0881. The largest absolute Gasteiger partial charge is 0.481 e. The zero-order valence-corrected chi connectivity index (χ0v) is 10.5. The van der Waals surface area contributed by atoms with E-state index in [4.69, 9.17) is 9.63 Å². The molecule has 0 bridgehead atoms. The van der Waals surface area contributed by atoms with Gasteiger partial charge in [-0.2, -0.15) is 0 Å². The monoisotopic (exact) mass is 275 g/mol. The van der Waals surface area contributed by atoms with Gasteiger partial charge in [0.15, 0.2) is 5.76 Å². The number of carbonyl (C=O) groups is 2. The second kappa shape index (κ2) is 6.37. The van der Waals surface area contributed by atoms with Crippen LogP contribution in [0.2, 0.25) is 0 Å². The van der Waals surface area contributed by atoms with Gasteiger partial charge in [0, 0.05) is 11.8 Å². The number of carboxylic acid groups (broad SMARTS) is 1. The number of carbonyl (C=O) groups excluding carboxylic acids is 1. The molecule has 0 aliphatic carbocycles. The maximum atomic E-state index is 11.6. The molecule has 104 valence electrons. The minimum Gasteiger partial charge on any atom is -0.481 e. The lowest BCUT2D eigenvalue weighted by atomic mass is 10.1. The number of hydrogen-bond acceptors (Lipinski definition) is 4. The maximum absolute atomic E-state index is 11.6. The average molecular weight is 275 g/mol. The first-order valence-electron chi connectivity index (χ1n) is 5.88. The molecule has 0 saturated heterocycles. The van der Waals surface area contributed by atoms with Crippen molar-refractivity contribution in [2.24, 2.45) is 0 Å². The predicted molar refractivity (Wildman–Crippen MR) is 70.1 cm³/mol. The molecule has 2 aromatic rings. The molecule has 20 heavy (non-hydrogen) atoms. The summed E-state index contributed by atoms with van der Waals surface area (Å²) < 4.78 is 4.84. The normalized spacial score (nSPS) is 10.0. The molecular weight excluding hydrogens is 262 g/mol. The van der Waals surface area contributed by atoms with E-state index in [1.165, 1.54) is 6.20 Å². The predicted octanol–water partition coefficient (Wildman–Crippen LogP) is 1.62. The van der Waals surface area contributed by atoms with Crippen molar-refractivity contribution in [3.05, 3.63) is 47.9 Å². The molecule has 0 unspecified atom stereocenters. The number of hydrogen-bond donors (Lipinski definition) is 3. The minimum atomic E-state index is -0.920. The summed E-state index contributed by atoms with van der Waals surface area (Å²) in [6.07, 6.45) is 1.40. The number of amides is 2. The van der Waals surface area contributed by atoms with Crippen molar-refractivity contribution in [2.45, 2.75) is 13.0 Å². The van der Waals surface area contributed by atoms with Crippen LogP contribution in [0.15, 0.2) is 41.1 Å². The lowest BCUT2D eigenvalue weighted by Gasteiger charge is -2.07. The van der Waals surface area contributed by atoms with Crippen LogP contribution in [-0.4, -0.2) is 22.3 Å². The Morgan fingerprint density at radius 1 is 1.30 bits per heavy atom. The second-order valence-corrected chi connectivity index (χ2v) is 4.06. The summed E-state index contributed by atoms with van der Waals surface area (Å²) in [5, 5.41) is 17.4. The lowest BCUT2D eigenvalue weighted by molar-refractivity contribution is -0.136. The van der Waals surface area contributed by atoms with E-state index in [9.17, 15) is 9.59 Å². The molecule has 2 rings (SSSR count). The fourth-order valence-corrected chi connectivity index (χ4v) is 1.61. The molecule has 0 atom stereocenters. The van der Waals surface area contributed by atoms with E-state index >= 15 is 0 Å².